The Morgan fingerprint density at radius 3 is 2.25 bits per heavy atom. The van der Waals surface area contributed by atoms with Crippen molar-refractivity contribution >= 4 is 23.8 Å². The molecule has 4 amide bonds. The summed E-state index contributed by atoms with van der Waals surface area (Å²) in [5.41, 5.74) is -0.685. The summed E-state index contributed by atoms with van der Waals surface area (Å²) in [5, 5.41) is 13.7. The van der Waals surface area contributed by atoms with E-state index in [-0.39, 0.29) is 12.3 Å². The molecule has 0 radical (unpaired) electrons. The van der Waals surface area contributed by atoms with Gasteiger partial charge in [-0.15, -0.1) is 0 Å². The zero-order chi connectivity index (χ0) is 15.7. The number of carbonyl (C=O) groups excluding carboxylic acids is 3. The third kappa shape index (κ3) is 3.46. The second-order valence-electron chi connectivity index (χ2n) is 5.80. The van der Waals surface area contributed by atoms with Crippen molar-refractivity contribution in [2.24, 2.45) is 5.41 Å². The summed E-state index contributed by atoms with van der Waals surface area (Å²) in [5.74, 6) is -2.06. The number of amides is 4. The summed E-state index contributed by atoms with van der Waals surface area (Å²) < 4.78 is 0. The van der Waals surface area contributed by atoms with Crippen LogP contribution in [0.4, 0.5) is 4.79 Å². The molecule has 1 heterocycles. The molecule has 20 heavy (non-hydrogen) atoms. The van der Waals surface area contributed by atoms with Crippen molar-refractivity contribution in [2.45, 2.75) is 39.3 Å². The van der Waals surface area contributed by atoms with Gasteiger partial charge in [0.15, 0.2) is 0 Å². The number of likely N-dealkylation sites (N-methyl/N-ethyl adjacent to an activating group) is 1. The molecule has 3 N–H and O–H groups in total. The van der Waals surface area contributed by atoms with E-state index in [4.69, 9.17) is 5.11 Å². The molecule has 0 saturated carbocycles. The van der Waals surface area contributed by atoms with Crippen molar-refractivity contribution in [3.05, 3.63) is 0 Å². The molecule has 0 spiro atoms. The average molecular weight is 285 g/mol. The van der Waals surface area contributed by atoms with Crippen molar-refractivity contribution < 1.29 is 24.3 Å². The van der Waals surface area contributed by atoms with Gasteiger partial charge in [0, 0.05) is 7.05 Å². The second kappa shape index (κ2) is 5.48. The molecule has 8 heteroatoms. The predicted octanol–water partition coefficient (Wildman–Crippen LogP) is -0.458. The van der Waals surface area contributed by atoms with E-state index >= 15 is 0 Å². The van der Waals surface area contributed by atoms with Crippen LogP contribution in [0.3, 0.4) is 0 Å². The average Bonchev–Trinajstić information content (AvgIpc) is 2.52. The highest BCUT2D eigenvalue weighted by molar-refractivity contribution is 6.06. The number of urea groups is 1. The smallest absolute Gasteiger partial charge is 0.326 e. The molecule has 2 atom stereocenters. The summed E-state index contributed by atoms with van der Waals surface area (Å²) in [7, 11) is 1.33. The number of imide groups is 1. The SMILES string of the molecule is CN1C(=O)CC(NC(=O)NC(C(=O)O)C(C)(C)C)C1=O. The van der Waals surface area contributed by atoms with Gasteiger partial charge in [-0.25, -0.2) is 9.59 Å². The van der Waals surface area contributed by atoms with Crippen molar-refractivity contribution in [1.29, 1.82) is 0 Å². The summed E-state index contributed by atoms with van der Waals surface area (Å²) in [6.45, 7) is 5.01. The maximum atomic E-state index is 11.8. The van der Waals surface area contributed by atoms with Gasteiger partial charge in [0.25, 0.3) is 5.91 Å². The van der Waals surface area contributed by atoms with Crippen LogP contribution < -0.4 is 10.6 Å². The minimum Gasteiger partial charge on any atom is -0.480 e. The molecule has 1 rings (SSSR count). The summed E-state index contributed by atoms with van der Waals surface area (Å²) in [4.78, 5) is 46.7. The second-order valence-corrected chi connectivity index (χ2v) is 5.80. The van der Waals surface area contributed by atoms with Crippen LogP contribution in [-0.2, 0) is 14.4 Å². The van der Waals surface area contributed by atoms with Gasteiger partial charge in [0.05, 0.1) is 6.42 Å². The van der Waals surface area contributed by atoms with E-state index in [2.05, 4.69) is 10.6 Å². The molecule has 0 aliphatic carbocycles. The normalized spacial score (nSPS) is 20.8. The minimum atomic E-state index is -1.17. The molecule has 0 aromatic rings. The van der Waals surface area contributed by atoms with Gasteiger partial charge < -0.3 is 15.7 Å². The minimum absolute atomic E-state index is 0.115. The first-order chi connectivity index (χ1) is 9.04. The Morgan fingerprint density at radius 1 is 1.35 bits per heavy atom. The molecule has 0 aromatic heterocycles. The highest BCUT2D eigenvalue weighted by Gasteiger charge is 2.38. The Bertz CT molecular complexity index is 454. The lowest BCUT2D eigenvalue weighted by Gasteiger charge is -2.28. The molecule has 1 aliphatic heterocycles. The third-order valence-electron chi connectivity index (χ3n) is 3.08. The number of aliphatic carboxylic acids is 1. The van der Waals surface area contributed by atoms with Gasteiger partial charge in [0.2, 0.25) is 5.91 Å². The molecule has 0 aromatic carbocycles. The fourth-order valence-corrected chi connectivity index (χ4v) is 1.85. The summed E-state index contributed by atoms with van der Waals surface area (Å²) >= 11 is 0. The first kappa shape index (κ1) is 15.9. The number of carbonyl (C=O) groups is 4. The number of carboxylic acids is 1. The van der Waals surface area contributed by atoms with Gasteiger partial charge in [-0.05, 0) is 5.41 Å². The summed E-state index contributed by atoms with van der Waals surface area (Å²) in [6.07, 6.45) is -0.115. The third-order valence-corrected chi connectivity index (χ3v) is 3.08. The van der Waals surface area contributed by atoms with Crippen molar-refractivity contribution in [3.8, 4) is 0 Å². The zero-order valence-electron chi connectivity index (χ0n) is 11.9. The van der Waals surface area contributed by atoms with Crippen LogP contribution in [0.2, 0.25) is 0 Å². The maximum absolute atomic E-state index is 11.8. The van der Waals surface area contributed by atoms with Crippen LogP contribution in [-0.4, -0.2) is 53.0 Å². The van der Waals surface area contributed by atoms with Crippen molar-refractivity contribution in [3.63, 3.8) is 0 Å². The highest BCUT2D eigenvalue weighted by atomic mass is 16.4. The number of carboxylic acid groups (broad SMARTS) is 1. The summed E-state index contributed by atoms with van der Waals surface area (Å²) in [6, 6.07) is -2.83. The number of nitrogens with one attached hydrogen (secondary N) is 2. The predicted molar refractivity (Wildman–Crippen MR) is 68.7 cm³/mol. The van der Waals surface area contributed by atoms with Gasteiger partial charge in [0.1, 0.15) is 12.1 Å². The standard InChI is InChI=1S/C12H19N3O5/c1-12(2,3)8(10(18)19)14-11(20)13-6-5-7(16)15(4)9(6)17/h6,8H,5H2,1-4H3,(H,18,19)(H2,13,14,20). The van der Waals surface area contributed by atoms with Gasteiger partial charge in [-0.2, -0.15) is 0 Å². The van der Waals surface area contributed by atoms with Gasteiger partial charge in [-0.3, -0.25) is 14.5 Å². The molecule has 8 nitrogen and oxygen atoms in total. The largest absolute Gasteiger partial charge is 0.480 e. The lowest BCUT2D eigenvalue weighted by atomic mass is 9.87. The van der Waals surface area contributed by atoms with Gasteiger partial charge >= 0.3 is 12.0 Å². The van der Waals surface area contributed by atoms with Crippen molar-refractivity contribution in [1.82, 2.24) is 15.5 Å². The zero-order valence-corrected chi connectivity index (χ0v) is 11.9. The molecule has 1 saturated heterocycles. The van der Waals surface area contributed by atoms with Crippen LogP contribution in [0.1, 0.15) is 27.2 Å². The Balaban J connectivity index is 2.66. The quantitative estimate of drug-likeness (QED) is 0.607. The Hall–Kier alpha value is -2.12. The van der Waals surface area contributed by atoms with Crippen LogP contribution in [0.25, 0.3) is 0 Å². The van der Waals surface area contributed by atoms with Crippen LogP contribution in [0.5, 0.6) is 0 Å². The van der Waals surface area contributed by atoms with E-state index in [0.29, 0.717) is 0 Å². The first-order valence-electron chi connectivity index (χ1n) is 6.14. The van der Waals surface area contributed by atoms with E-state index in [9.17, 15) is 19.2 Å². The fourth-order valence-electron chi connectivity index (χ4n) is 1.85. The lowest BCUT2D eigenvalue weighted by Crippen LogP contribution is -2.54. The number of nitrogens with zero attached hydrogens (tertiary/aromatic N) is 1. The van der Waals surface area contributed by atoms with Crippen LogP contribution >= 0.6 is 0 Å². The van der Waals surface area contributed by atoms with E-state index in [1.807, 2.05) is 0 Å². The number of hydrogen-bond donors (Lipinski definition) is 3. The van der Waals surface area contributed by atoms with E-state index in [1.165, 1.54) is 7.05 Å². The van der Waals surface area contributed by atoms with Crippen LogP contribution in [0.15, 0.2) is 0 Å². The molecule has 1 fully saturated rings. The number of rotatable bonds is 3. The Morgan fingerprint density at radius 2 is 1.90 bits per heavy atom. The highest BCUT2D eigenvalue weighted by Crippen LogP contribution is 2.19. The molecular weight excluding hydrogens is 266 g/mol. The lowest BCUT2D eigenvalue weighted by molar-refractivity contribution is -0.142. The molecule has 2 unspecified atom stereocenters. The van der Waals surface area contributed by atoms with Gasteiger partial charge in [-0.1, -0.05) is 20.8 Å². The molecule has 0 bridgehead atoms. The Labute approximate surface area is 116 Å². The van der Waals surface area contributed by atoms with Crippen LogP contribution in [0, 0.1) is 5.41 Å². The molecule has 1 aliphatic rings. The number of hydrogen-bond acceptors (Lipinski definition) is 4. The molecule has 112 valence electrons. The van der Waals surface area contributed by atoms with E-state index in [1.54, 1.807) is 20.8 Å². The van der Waals surface area contributed by atoms with E-state index in [0.717, 1.165) is 4.90 Å². The maximum Gasteiger partial charge on any atom is 0.326 e. The van der Waals surface area contributed by atoms with E-state index < -0.39 is 35.4 Å². The first-order valence-corrected chi connectivity index (χ1v) is 6.14. The number of likely N-dealkylation sites (tertiary alicyclic amines) is 1. The van der Waals surface area contributed by atoms with Crippen molar-refractivity contribution in [2.75, 3.05) is 7.05 Å². The fraction of sp³-hybridized carbons (Fsp3) is 0.667. The monoisotopic (exact) mass is 285 g/mol. The topological polar surface area (TPSA) is 116 Å². The Kier molecular flexibility index (Phi) is 4.36. The molecular formula is C12H19N3O5.